The Morgan fingerprint density at radius 2 is 2.00 bits per heavy atom. The van der Waals surface area contributed by atoms with Gasteiger partial charge >= 0.3 is 0 Å². The van der Waals surface area contributed by atoms with E-state index in [0.717, 1.165) is 15.6 Å². The predicted molar refractivity (Wildman–Crippen MR) is 78.6 cm³/mol. The first kappa shape index (κ1) is 14.4. The molecule has 0 aromatic heterocycles. The molecule has 0 aliphatic rings. The maximum atomic E-state index is 11.7. The van der Waals surface area contributed by atoms with E-state index in [1.54, 1.807) is 0 Å². The van der Waals surface area contributed by atoms with Crippen molar-refractivity contribution < 1.29 is 4.79 Å². The summed E-state index contributed by atoms with van der Waals surface area (Å²) < 4.78 is 1.14. The average molecular weight is 346 g/mol. The Hall–Kier alpha value is -0.620. The summed E-state index contributed by atoms with van der Waals surface area (Å²) in [4.78, 5) is 11.7. The molecule has 0 fully saturated rings. The van der Waals surface area contributed by atoms with Gasteiger partial charge in [-0.1, -0.05) is 19.1 Å². The van der Waals surface area contributed by atoms with Crippen LogP contribution in [0.15, 0.2) is 24.3 Å². The summed E-state index contributed by atoms with van der Waals surface area (Å²) in [5.74, 6) is -0.348. The molecule has 0 aliphatic carbocycles. The van der Waals surface area contributed by atoms with E-state index in [1.807, 2.05) is 38.1 Å². The van der Waals surface area contributed by atoms with Gasteiger partial charge in [0.15, 0.2) is 0 Å². The van der Waals surface area contributed by atoms with Crippen LogP contribution in [-0.4, -0.2) is 11.9 Å². The van der Waals surface area contributed by atoms with E-state index in [1.165, 1.54) is 0 Å². The third-order valence-electron chi connectivity index (χ3n) is 3.06. The number of benzene rings is 1. The molecule has 94 valence electrons. The number of primary amides is 1. The second-order valence-corrected chi connectivity index (χ2v) is 5.70. The number of amides is 1. The highest BCUT2D eigenvalue weighted by Gasteiger charge is 2.33. The van der Waals surface area contributed by atoms with E-state index in [4.69, 9.17) is 5.73 Å². The maximum absolute atomic E-state index is 11.7. The minimum absolute atomic E-state index is 0.242. The molecule has 2 unspecified atom stereocenters. The Labute approximate surface area is 116 Å². The number of halogens is 1. The van der Waals surface area contributed by atoms with Crippen LogP contribution in [0.2, 0.25) is 0 Å². The number of rotatable bonds is 5. The summed E-state index contributed by atoms with van der Waals surface area (Å²) in [7, 11) is 0. The van der Waals surface area contributed by atoms with Gasteiger partial charge < -0.3 is 5.73 Å². The van der Waals surface area contributed by atoms with Crippen molar-refractivity contribution in [1.29, 1.82) is 0 Å². The monoisotopic (exact) mass is 346 g/mol. The molecule has 3 nitrogen and oxygen atoms in total. The summed E-state index contributed by atoms with van der Waals surface area (Å²) in [6, 6.07) is 8.10. The first-order chi connectivity index (χ1) is 7.90. The molecule has 0 spiro atoms. The summed E-state index contributed by atoms with van der Waals surface area (Å²) >= 11 is 2.24. The summed E-state index contributed by atoms with van der Waals surface area (Å²) in [6.07, 6.45) is 0.952. The van der Waals surface area contributed by atoms with Crippen LogP contribution in [0, 0.1) is 3.57 Å². The van der Waals surface area contributed by atoms with Gasteiger partial charge in [0.25, 0.3) is 0 Å². The largest absolute Gasteiger partial charge is 0.368 e. The molecule has 3 N–H and O–H groups in total. The Morgan fingerprint density at radius 1 is 1.47 bits per heavy atom. The maximum Gasteiger partial charge on any atom is 0.242 e. The molecule has 1 aromatic rings. The van der Waals surface area contributed by atoms with Crippen LogP contribution in [0.1, 0.15) is 32.8 Å². The van der Waals surface area contributed by atoms with Gasteiger partial charge in [-0.3, -0.25) is 10.1 Å². The van der Waals surface area contributed by atoms with Gasteiger partial charge in [-0.05, 0) is 60.6 Å². The quantitative estimate of drug-likeness (QED) is 0.805. The summed E-state index contributed by atoms with van der Waals surface area (Å²) in [5, 5.41) is 3.30. The van der Waals surface area contributed by atoms with Crippen LogP contribution in [0.5, 0.6) is 0 Å². The first-order valence-corrected chi connectivity index (χ1v) is 6.81. The van der Waals surface area contributed by atoms with Crippen molar-refractivity contribution in [3.05, 3.63) is 33.4 Å². The van der Waals surface area contributed by atoms with E-state index in [9.17, 15) is 4.79 Å². The molecule has 0 bridgehead atoms. The zero-order valence-electron chi connectivity index (χ0n) is 10.5. The molecule has 0 radical (unpaired) electrons. The number of nitrogens with one attached hydrogen (secondary N) is 1. The van der Waals surface area contributed by atoms with Gasteiger partial charge in [0.1, 0.15) is 5.54 Å². The first-order valence-electron chi connectivity index (χ1n) is 5.73. The van der Waals surface area contributed by atoms with Crippen LogP contribution in [0.25, 0.3) is 0 Å². The summed E-state index contributed by atoms with van der Waals surface area (Å²) in [6.45, 7) is 5.96. The lowest BCUT2D eigenvalue weighted by Gasteiger charge is -2.31. The number of nitrogens with two attached hydrogens (primary N) is 1. The van der Waals surface area contributed by atoms with Crippen LogP contribution in [0.3, 0.4) is 0 Å². The standard InChI is InChI=1S/C13H19IN2O/c1-4-9(2)16-13(3,12(15)17)10-5-7-11(14)8-6-10/h5-9,16H,4H2,1-3H3,(H2,15,17). The van der Waals surface area contributed by atoms with Crippen molar-refractivity contribution in [2.45, 2.75) is 38.8 Å². The normalized spacial score (nSPS) is 16.2. The SMILES string of the molecule is CCC(C)NC(C)(C(N)=O)c1ccc(I)cc1. The van der Waals surface area contributed by atoms with E-state index >= 15 is 0 Å². The molecule has 1 aromatic carbocycles. The van der Waals surface area contributed by atoms with Crippen molar-refractivity contribution in [3.63, 3.8) is 0 Å². The van der Waals surface area contributed by atoms with Gasteiger partial charge in [0.05, 0.1) is 0 Å². The average Bonchev–Trinajstić information content (AvgIpc) is 2.29. The Bertz CT molecular complexity index is 391. The Kier molecular flexibility index (Phi) is 4.94. The minimum Gasteiger partial charge on any atom is -0.368 e. The fourth-order valence-corrected chi connectivity index (χ4v) is 2.03. The highest BCUT2D eigenvalue weighted by Crippen LogP contribution is 2.22. The van der Waals surface area contributed by atoms with Gasteiger partial charge in [-0.15, -0.1) is 0 Å². The third kappa shape index (κ3) is 3.42. The predicted octanol–water partition coefficient (Wildman–Crippen LogP) is 2.38. The molecule has 0 aliphatic heterocycles. The molecule has 0 saturated carbocycles. The van der Waals surface area contributed by atoms with E-state index in [-0.39, 0.29) is 11.9 Å². The van der Waals surface area contributed by atoms with Crippen molar-refractivity contribution in [2.24, 2.45) is 5.73 Å². The van der Waals surface area contributed by atoms with Crippen LogP contribution < -0.4 is 11.1 Å². The Balaban J connectivity index is 3.07. The fourth-order valence-electron chi connectivity index (χ4n) is 1.67. The molecule has 0 heterocycles. The van der Waals surface area contributed by atoms with E-state index < -0.39 is 5.54 Å². The number of hydrogen-bond donors (Lipinski definition) is 2. The highest BCUT2D eigenvalue weighted by atomic mass is 127. The van der Waals surface area contributed by atoms with Crippen LogP contribution in [-0.2, 0) is 10.3 Å². The molecule has 2 atom stereocenters. The molecular formula is C13H19IN2O. The van der Waals surface area contributed by atoms with Gasteiger partial charge in [0.2, 0.25) is 5.91 Å². The van der Waals surface area contributed by atoms with Gasteiger partial charge in [-0.25, -0.2) is 0 Å². The smallest absolute Gasteiger partial charge is 0.242 e. The minimum atomic E-state index is -0.806. The lowest BCUT2D eigenvalue weighted by atomic mass is 9.90. The number of carbonyl (C=O) groups excluding carboxylic acids is 1. The summed E-state index contributed by atoms with van der Waals surface area (Å²) in [5.41, 5.74) is 5.64. The molecule has 1 rings (SSSR count). The number of hydrogen-bond acceptors (Lipinski definition) is 2. The van der Waals surface area contributed by atoms with Gasteiger partial charge in [-0.2, -0.15) is 0 Å². The molecule has 0 saturated heterocycles. The molecule has 17 heavy (non-hydrogen) atoms. The number of carbonyl (C=O) groups is 1. The zero-order chi connectivity index (χ0) is 13.1. The van der Waals surface area contributed by atoms with Crippen LogP contribution >= 0.6 is 22.6 Å². The fraction of sp³-hybridized carbons (Fsp3) is 0.462. The molecule has 4 heteroatoms. The van der Waals surface area contributed by atoms with Crippen molar-refractivity contribution in [3.8, 4) is 0 Å². The lowest BCUT2D eigenvalue weighted by molar-refractivity contribution is -0.124. The highest BCUT2D eigenvalue weighted by molar-refractivity contribution is 14.1. The van der Waals surface area contributed by atoms with Crippen molar-refractivity contribution >= 4 is 28.5 Å². The lowest BCUT2D eigenvalue weighted by Crippen LogP contribution is -2.53. The molecule has 1 amide bonds. The second-order valence-electron chi connectivity index (χ2n) is 4.45. The van der Waals surface area contributed by atoms with Gasteiger partial charge in [0, 0.05) is 9.61 Å². The van der Waals surface area contributed by atoms with Crippen molar-refractivity contribution in [2.75, 3.05) is 0 Å². The zero-order valence-corrected chi connectivity index (χ0v) is 12.6. The van der Waals surface area contributed by atoms with Crippen LogP contribution in [0.4, 0.5) is 0 Å². The third-order valence-corrected chi connectivity index (χ3v) is 3.78. The molecular weight excluding hydrogens is 327 g/mol. The second kappa shape index (κ2) is 5.82. The topological polar surface area (TPSA) is 55.1 Å². The van der Waals surface area contributed by atoms with E-state index in [2.05, 4.69) is 34.8 Å². The Morgan fingerprint density at radius 3 is 2.41 bits per heavy atom. The van der Waals surface area contributed by atoms with Crippen molar-refractivity contribution in [1.82, 2.24) is 5.32 Å². The van der Waals surface area contributed by atoms with E-state index in [0.29, 0.717) is 0 Å².